The highest BCUT2D eigenvalue weighted by Crippen LogP contribution is 2.20. The smallest absolute Gasteiger partial charge is 0.253 e. The van der Waals surface area contributed by atoms with Gasteiger partial charge in [0.05, 0.1) is 18.2 Å². The molecule has 0 aliphatic carbocycles. The summed E-state index contributed by atoms with van der Waals surface area (Å²) in [5.74, 6) is -0.313. The first kappa shape index (κ1) is 14.6. The first-order chi connectivity index (χ1) is 9.61. The maximum absolute atomic E-state index is 12.2. The molecule has 0 bridgehead atoms. The highest BCUT2D eigenvalue weighted by molar-refractivity contribution is 9.10. The molecular weight excluding hydrogens is 320 g/mol. The number of anilines is 1. The second-order valence-corrected chi connectivity index (χ2v) is 5.27. The third-order valence-corrected chi connectivity index (χ3v) is 3.44. The van der Waals surface area contributed by atoms with E-state index >= 15 is 0 Å². The highest BCUT2D eigenvalue weighted by atomic mass is 79.9. The van der Waals surface area contributed by atoms with E-state index in [0.29, 0.717) is 11.3 Å². The molecule has 0 radical (unpaired) electrons. The van der Waals surface area contributed by atoms with Gasteiger partial charge in [-0.2, -0.15) is 0 Å². The Morgan fingerprint density at radius 1 is 1.25 bits per heavy atom. The average Bonchev–Trinajstić information content (AvgIpc) is 2.48. The third kappa shape index (κ3) is 3.37. The summed E-state index contributed by atoms with van der Waals surface area (Å²) >= 11 is 3.31. The Bertz CT molecular complexity index is 602. The molecule has 2 rings (SSSR count). The lowest BCUT2D eigenvalue weighted by molar-refractivity contribution is 0.0917. The Morgan fingerprint density at radius 3 is 2.60 bits per heavy atom. The van der Waals surface area contributed by atoms with E-state index in [0.717, 1.165) is 10.0 Å². The van der Waals surface area contributed by atoms with E-state index in [4.69, 9.17) is 5.73 Å². The monoisotopic (exact) mass is 334 g/mol. The Hall–Kier alpha value is -1.85. The second-order valence-electron chi connectivity index (χ2n) is 4.35. The molecule has 0 aliphatic heterocycles. The van der Waals surface area contributed by atoms with Crippen molar-refractivity contribution in [3.05, 3.63) is 64.1 Å². The number of aliphatic hydroxyl groups excluding tert-OH is 1. The molecule has 0 fully saturated rings. The van der Waals surface area contributed by atoms with Crippen molar-refractivity contribution in [2.24, 2.45) is 0 Å². The molecule has 0 aliphatic rings. The lowest BCUT2D eigenvalue weighted by Crippen LogP contribution is -2.31. The topological polar surface area (TPSA) is 75.4 Å². The van der Waals surface area contributed by atoms with Gasteiger partial charge in [0.1, 0.15) is 0 Å². The largest absolute Gasteiger partial charge is 0.398 e. The Balaban J connectivity index is 2.20. The molecular formula is C15H15BrN2O2. The number of nitrogens with one attached hydrogen (secondary N) is 1. The van der Waals surface area contributed by atoms with Gasteiger partial charge in [-0.25, -0.2) is 0 Å². The molecule has 20 heavy (non-hydrogen) atoms. The summed E-state index contributed by atoms with van der Waals surface area (Å²) in [7, 11) is 0. The van der Waals surface area contributed by atoms with Crippen molar-refractivity contribution in [3.8, 4) is 0 Å². The molecule has 0 saturated carbocycles. The lowest BCUT2D eigenvalue weighted by atomic mass is 10.1. The summed E-state index contributed by atoms with van der Waals surface area (Å²) < 4.78 is 0.775. The van der Waals surface area contributed by atoms with Crippen molar-refractivity contribution < 1.29 is 9.90 Å². The molecule has 1 amide bonds. The molecule has 4 N–H and O–H groups in total. The molecule has 2 aromatic rings. The molecule has 104 valence electrons. The SMILES string of the molecule is Nc1ccc(Br)cc1C(=O)N[C@H](CO)c1ccccc1. The third-order valence-electron chi connectivity index (χ3n) is 2.95. The number of benzene rings is 2. The van der Waals surface area contributed by atoms with Crippen LogP contribution in [0.4, 0.5) is 5.69 Å². The molecule has 2 aromatic carbocycles. The predicted molar refractivity (Wildman–Crippen MR) is 82.3 cm³/mol. The van der Waals surface area contributed by atoms with Crippen LogP contribution in [-0.2, 0) is 0 Å². The van der Waals surface area contributed by atoms with Gasteiger partial charge in [0.2, 0.25) is 0 Å². The predicted octanol–water partition coefficient (Wildman–Crippen LogP) is 2.49. The minimum atomic E-state index is -0.456. The average molecular weight is 335 g/mol. The lowest BCUT2D eigenvalue weighted by Gasteiger charge is -2.17. The number of amides is 1. The minimum absolute atomic E-state index is 0.177. The zero-order valence-electron chi connectivity index (χ0n) is 10.7. The summed E-state index contributed by atoms with van der Waals surface area (Å²) in [5.41, 5.74) is 7.43. The molecule has 0 spiro atoms. The van der Waals surface area contributed by atoms with Crippen molar-refractivity contribution in [2.45, 2.75) is 6.04 Å². The molecule has 0 unspecified atom stereocenters. The van der Waals surface area contributed by atoms with Crippen LogP contribution in [0.1, 0.15) is 22.0 Å². The normalized spacial score (nSPS) is 11.9. The van der Waals surface area contributed by atoms with Crippen LogP contribution in [-0.4, -0.2) is 17.6 Å². The van der Waals surface area contributed by atoms with Crippen molar-refractivity contribution in [3.63, 3.8) is 0 Å². The fourth-order valence-corrected chi connectivity index (χ4v) is 2.24. The van der Waals surface area contributed by atoms with Gasteiger partial charge in [-0.05, 0) is 23.8 Å². The fourth-order valence-electron chi connectivity index (χ4n) is 1.88. The Morgan fingerprint density at radius 2 is 1.95 bits per heavy atom. The number of carbonyl (C=O) groups is 1. The van der Waals surface area contributed by atoms with E-state index in [2.05, 4.69) is 21.2 Å². The van der Waals surface area contributed by atoms with E-state index in [-0.39, 0.29) is 12.5 Å². The standard InChI is InChI=1S/C15H15BrN2O2/c16-11-6-7-13(17)12(8-11)15(20)18-14(9-19)10-4-2-1-3-5-10/h1-8,14,19H,9,17H2,(H,18,20)/t14-/m1/s1. The Kier molecular flexibility index (Phi) is 4.76. The van der Waals surface area contributed by atoms with Gasteiger partial charge in [-0.1, -0.05) is 46.3 Å². The maximum Gasteiger partial charge on any atom is 0.253 e. The number of aliphatic hydroxyl groups is 1. The molecule has 0 saturated heterocycles. The van der Waals surface area contributed by atoms with Crippen LogP contribution >= 0.6 is 15.9 Å². The summed E-state index contributed by atoms with van der Waals surface area (Å²) in [6.07, 6.45) is 0. The van der Waals surface area contributed by atoms with Crippen LogP contribution in [0.5, 0.6) is 0 Å². The number of hydrogen-bond donors (Lipinski definition) is 3. The zero-order chi connectivity index (χ0) is 14.5. The number of nitrogens with two attached hydrogens (primary N) is 1. The van der Waals surface area contributed by atoms with Crippen LogP contribution in [0, 0.1) is 0 Å². The van der Waals surface area contributed by atoms with E-state index in [1.54, 1.807) is 18.2 Å². The number of carbonyl (C=O) groups excluding carboxylic acids is 1. The molecule has 5 heteroatoms. The number of rotatable bonds is 4. The van der Waals surface area contributed by atoms with E-state index in [1.165, 1.54) is 0 Å². The highest BCUT2D eigenvalue weighted by Gasteiger charge is 2.16. The van der Waals surface area contributed by atoms with Crippen molar-refractivity contribution in [2.75, 3.05) is 12.3 Å². The summed E-state index contributed by atoms with van der Waals surface area (Å²) in [5, 5.41) is 12.2. The van der Waals surface area contributed by atoms with Crippen molar-refractivity contribution in [1.29, 1.82) is 0 Å². The van der Waals surface area contributed by atoms with Crippen LogP contribution in [0.15, 0.2) is 53.0 Å². The zero-order valence-corrected chi connectivity index (χ0v) is 12.3. The minimum Gasteiger partial charge on any atom is -0.398 e. The van der Waals surface area contributed by atoms with Crippen molar-refractivity contribution in [1.82, 2.24) is 5.32 Å². The van der Waals surface area contributed by atoms with Gasteiger partial charge in [0.25, 0.3) is 5.91 Å². The van der Waals surface area contributed by atoms with Crippen LogP contribution in [0.2, 0.25) is 0 Å². The van der Waals surface area contributed by atoms with Crippen LogP contribution in [0.3, 0.4) is 0 Å². The molecule has 0 heterocycles. The van der Waals surface area contributed by atoms with E-state index < -0.39 is 6.04 Å². The van der Waals surface area contributed by atoms with E-state index in [9.17, 15) is 9.90 Å². The number of hydrogen-bond acceptors (Lipinski definition) is 3. The molecule has 1 atom stereocenters. The van der Waals surface area contributed by atoms with E-state index in [1.807, 2.05) is 30.3 Å². The maximum atomic E-state index is 12.2. The first-order valence-corrected chi connectivity index (χ1v) is 6.93. The Labute approximate surface area is 125 Å². The van der Waals surface area contributed by atoms with Crippen LogP contribution < -0.4 is 11.1 Å². The first-order valence-electron chi connectivity index (χ1n) is 6.13. The van der Waals surface area contributed by atoms with Crippen LogP contribution in [0.25, 0.3) is 0 Å². The summed E-state index contributed by atoms with van der Waals surface area (Å²) in [6.45, 7) is -0.177. The number of halogens is 1. The van der Waals surface area contributed by atoms with Gasteiger partial charge >= 0.3 is 0 Å². The fraction of sp³-hybridized carbons (Fsp3) is 0.133. The molecule has 4 nitrogen and oxygen atoms in total. The number of nitrogen functional groups attached to an aromatic ring is 1. The van der Waals surface area contributed by atoms with Crippen molar-refractivity contribution >= 4 is 27.5 Å². The van der Waals surface area contributed by atoms with Gasteiger partial charge in [-0.15, -0.1) is 0 Å². The molecule has 0 aromatic heterocycles. The summed E-state index contributed by atoms with van der Waals surface area (Å²) in [6, 6.07) is 13.9. The van der Waals surface area contributed by atoms with Gasteiger partial charge in [-0.3, -0.25) is 4.79 Å². The van der Waals surface area contributed by atoms with Gasteiger partial charge in [0, 0.05) is 10.2 Å². The van der Waals surface area contributed by atoms with Gasteiger partial charge < -0.3 is 16.2 Å². The quantitative estimate of drug-likeness (QED) is 0.752. The van der Waals surface area contributed by atoms with Gasteiger partial charge in [0.15, 0.2) is 0 Å². The second kappa shape index (κ2) is 6.54. The summed E-state index contributed by atoms with van der Waals surface area (Å²) in [4.78, 5) is 12.2.